The molecule has 0 spiro atoms. The van der Waals surface area contributed by atoms with E-state index in [1.54, 1.807) is 12.1 Å². The molecule has 3 rings (SSSR count). The van der Waals surface area contributed by atoms with Crippen molar-refractivity contribution in [3.8, 4) is 0 Å². The number of rotatable bonds is 6. The first kappa shape index (κ1) is 18.3. The normalized spacial score (nSPS) is 29.6. The lowest BCUT2D eigenvalue weighted by atomic mass is 9.68. The van der Waals surface area contributed by atoms with E-state index in [-0.39, 0.29) is 24.7 Å². The number of carbonyl (C=O) groups is 1. The van der Waals surface area contributed by atoms with Crippen LogP contribution in [0.25, 0.3) is 0 Å². The van der Waals surface area contributed by atoms with Crippen molar-refractivity contribution in [2.75, 3.05) is 13.1 Å². The maximum atomic E-state index is 15.0. The van der Waals surface area contributed by atoms with Gasteiger partial charge in [0.05, 0.1) is 0 Å². The van der Waals surface area contributed by atoms with Crippen LogP contribution in [0.5, 0.6) is 0 Å². The Morgan fingerprint density at radius 3 is 2.56 bits per heavy atom. The third kappa shape index (κ3) is 4.20. The Labute approximate surface area is 148 Å². The van der Waals surface area contributed by atoms with Gasteiger partial charge in [-0.15, -0.1) is 0 Å². The average Bonchev–Trinajstić information content (AvgIpc) is 2.95. The number of alkyl halides is 2. The molecule has 1 aliphatic carbocycles. The Hall–Kier alpha value is -1.49. The van der Waals surface area contributed by atoms with Crippen molar-refractivity contribution in [2.24, 2.45) is 11.8 Å². The average molecular weight is 350 g/mol. The third-order valence-electron chi connectivity index (χ3n) is 5.34. The van der Waals surface area contributed by atoms with E-state index in [1.807, 2.05) is 30.9 Å². The Morgan fingerprint density at radius 2 is 2.00 bits per heavy atom. The van der Waals surface area contributed by atoms with Gasteiger partial charge in [0, 0.05) is 25.6 Å². The molecule has 1 unspecified atom stereocenters. The summed E-state index contributed by atoms with van der Waals surface area (Å²) in [7, 11) is 0. The summed E-state index contributed by atoms with van der Waals surface area (Å²) >= 11 is 0. The van der Waals surface area contributed by atoms with E-state index in [4.69, 9.17) is 0 Å². The number of likely N-dealkylation sites (tertiary alicyclic amines) is 1. The van der Waals surface area contributed by atoms with E-state index >= 15 is 0 Å². The van der Waals surface area contributed by atoms with Gasteiger partial charge in [0.15, 0.2) is 6.30 Å². The highest BCUT2D eigenvalue weighted by atomic mass is 19.1. The summed E-state index contributed by atoms with van der Waals surface area (Å²) in [4.78, 5) is 13.8. The fraction of sp³-hybridized carbons (Fsp3) is 0.650. The molecule has 2 aliphatic rings. The molecule has 1 saturated carbocycles. The zero-order chi connectivity index (χ0) is 18.0. The Bertz CT molecular complexity index is 596. The van der Waals surface area contributed by atoms with Crippen molar-refractivity contribution in [3.63, 3.8) is 0 Å². The predicted molar refractivity (Wildman–Crippen MR) is 94.3 cm³/mol. The topological polar surface area (TPSA) is 32.3 Å². The van der Waals surface area contributed by atoms with Gasteiger partial charge < -0.3 is 5.32 Å². The highest BCUT2D eigenvalue weighted by molar-refractivity contribution is 5.80. The maximum absolute atomic E-state index is 15.0. The highest BCUT2D eigenvalue weighted by Crippen LogP contribution is 2.49. The van der Waals surface area contributed by atoms with Crippen molar-refractivity contribution < 1.29 is 13.6 Å². The molecule has 1 aromatic carbocycles. The predicted octanol–water partition coefficient (Wildman–Crippen LogP) is 3.93. The molecule has 138 valence electrons. The molecule has 1 saturated heterocycles. The largest absolute Gasteiger partial charge is 0.356 e. The number of carbonyl (C=O) groups excluding carboxylic acids is 1. The third-order valence-corrected chi connectivity index (χ3v) is 5.34. The van der Waals surface area contributed by atoms with Crippen LogP contribution in [0.2, 0.25) is 0 Å². The molecule has 25 heavy (non-hydrogen) atoms. The smallest absolute Gasteiger partial charge is 0.223 e. The Balaban J connectivity index is 1.53. The van der Waals surface area contributed by atoms with Crippen LogP contribution >= 0.6 is 0 Å². The van der Waals surface area contributed by atoms with Crippen molar-refractivity contribution >= 4 is 5.91 Å². The first-order valence-corrected chi connectivity index (χ1v) is 9.31. The van der Waals surface area contributed by atoms with Crippen LogP contribution in [0.1, 0.15) is 50.7 Å². The molecule has 3 nitrogen and oxygen atoms in total. The molecule has 1 amide bonds. The molecule has 0 bridgehead atoms. The number of amides is 1. The number of benzene rings is 1. The van der Waals surface area contributed by atoms with Crippen LogP contribution in [0.15, 0.2) is 24.3 Å². The monoisotopic (exact) mass is 350 g/mol. The SMILES string of the molecule is CC(C)CNC(=O)C1CC(F)(c2ccc(CN3CCCC3F)cc2)C1. The molecule has 1 aliphatic heterocycles. The fourth-order valence-corrected chi connectivity index (χ4v) is 3.70. The van der Waals surface area contributed by atoms with Gasteiger partial charge in [-0.25, -0.2) is 8.78 Å². The summed E-state index contributed by atoms with van der Waals surface area (Å²) in [6.07, 6.45) is 1.13. The van der Waals surface area contributed by atoms with Gasteiger partial charge in [0.25, 0.3) is 0 Å². The number of halogens is 2. The summed E-state index contributed by atoms with van der Waals surface area (Å²) in [6, 6.07) is 7.35. The van der Waals surface area contributed by atoms with Gasteiger partial charge >= 0.3 is 0 Å². The van der Waals surface area contributed by atoms with Gasteiger partial charge in [-0.2, -0.15) is 0 Å². The van der Waals surface area contributed by atoms with Gasteiger partial charge in [-0.05, 0) is 42.7 Å². The molecule has 0 aromatic heterocycles. The molecule has 0 radical (unpaired) electrons. The molecule has 2 fully saturated rings. The maximum Gasteiger partial charge on any atom is 0.223 e. The van der Waals surface area contributed by atoms with Crippen molar-refractivity contribution in [2.45, 2.75) is 58.0 Å². The van der Waals surface area contributed by atoms with Crippen molar-refractivity contribution in [1.29, 1.82) is 0 Å². The number of nitrogens with one attached hydrogen (secondary N) is 1. The lowest BCUT2D eigenvalue weighted by Crippen LogP contribution is -2.46. The molecule has 1 aromatic rings. The molecule has 5 heteroatoms. The molecule has 1 N–H and O–H groups in total. The summed E-state index contributed by atoms with van der Waals surface area (Å²) in [5.41, 5.74) is 0.221. The van der Waals surface area contributed by atoms with E-state index in [0.717, 1.165) is 18.5 Å². The van der Waals surface area contributed by atoms with Gasteiger partial charge in [-0.1, -0.05) is 38.1 Å². The van der Waals surface area contributed by atoms with Gasteiger partial charge in [-0.3, -0.25) is 9.69 Å². The number of hydrogen-bond acceptors (Lipinski definition) is 2. The van der Waals surface area contributed by atoms with E-state index in [0.29, 0.717) is 31.0 Å². The van der Waals surface area contributed by atoms with Crippen LogP contribution in [0, 0.1) is 11.8 Å². The van der Waals surface area contributed by atoms with Crippen LogP contribution < -0.4 is 5.32 Å². The standard InChI is InChI=1S/C20H28F2N2O/c1-14(2)12-23-19(25)16-10-20(22,11-16)17-7-5-15(6-8-17)13-24-9-3-4-18(24)21/h5-8,14,16,18H,3-4,9-13H2,1-2H3,(H,23,25). The molecular weight excluding hydrogens is 322 g/mol. The lowest BCUT2D eigenvalue weighted by Gasteiger charge is -2.41. The van der Waals surface area contributed by atoms with Crippen molar-refractivity contribution in [3.05, 3.63) is 35.4 Å². The first-order valence-electron chi connectivity index (χ1n) is 9.31. The van der Waals surface area contributed by atoms with Crippen LogP contribution in [-0.2, 0) is 17.0 Å². The quantitative estimate of drug-likeness (QED) is 0.789. The second-order valence-electron chi connectivity index (χ2n) is 7.95. The summed E-state index contributed by atoms with van der Waals surface area (Å²) in [5.74, 6) is 0.119. The van der Waals surface area contributed by atoms with Gasteiger partial charge in [0.2, 0.25) is 5.91 Å². The van der Waals surface area contributed by atoms with E-state index in [2.05, 4.69) is 5.32 Å². The van der Waals surface area contributed by atoms with E-state index in [1.165, 1.54) is 0 Å². The first-order chi connectivity index (χ1) is 11.9. The fourth-order valence-electron chi connectivity index (χ4n) is 3.70. The molecule has 1 atom stereocenters. The second kappa shape index (κ2) is 7.40. The molecule has 1 heterocycles. The van der Waals surface area contributed by atoms with E-state index in [9.17, 15) is 13.6 Å². The minimum Gasteiger partial charge on any atom is -0.356 e. The van der Waals surface area contributed by atoms with Crippen LogP contribution in [0.3, 0.4) is 0 Å². The summed E-state index contributed by atoms with van der Waals surface area (Å²) in [6.45, 7) is 6.06. The zero-order valence-corrected chi connectivity index (χ0v) is 15.1. The Kier molecular flexibility index (Phi) is 5.42. The second-order valence-corrected chi connectivity index (χ2v) is 7.95. The number of hydrogen-bond donors (Lipinski definition) is 1. The summed E-state index contributed by atoms with van der Waals surface area (Å²) in [5, 5.41) is 2.88. The lowest BCUT2D eigenvalue weighted by molar-refractivity contribution is -0.134. The Morgan fingerprint density at radius 1 is 1.32 bits per heavy atom. The van der Waals surface area contributed by atoms with Crippen LogP contribution in [-0.4, -0.2) is 30.2 Å². The molecular formula is C20H28F2N2O. The zero-order valence-electron chi connectivity index (χ0n) is 15.1. The highest BCUT2D eigenvalue weighted by Gasteiger charge is 2.49. The minimum absolute atomic E-state index is 0.0402. The van der Waals surface area contributed by atoms with Gasteiger partial charge in [0.1, 0.15) is 5.67 Å². The number of nitrogens with zero attached hydrogens (tertiary/aromatic N) is 1. The van der Waals surface area contributed by atoms with Crippen LogP contribution in [0.4, 0.5) is 8.78 Å². The van der Waals surface area contributed by atoms with Crippen molar-refractivity contribution in [1.82, 2.24) is 10.2 Å². The minimum atomic E-state index is -1.41. The summed E-state index contributed by atoms with van der Waals surface area (Å²) < 4.78 is 28.7. The van der Waals surface area contributed by atoms with E-state index < -0.39 is 12.0 Å².